The molecule has 4 rings (SSSR count). The summed E-state index contributed by atoms with van der Waals surface area (Å²) in [6.07, 6.45) is 14.6. The van der Waals surface area contributed by atoms with Gasteiger partial charge >= 0.3 is 18.0 Å². The fourth-order valence-corrected chi connectivity index (χ4v) is 16.1. The molecule has 2 fully saturated rings. The number of carbonyl (C=O) groups excluding carboxylic acids is 11. The van der Waals surface area contributed by atoms with E-state index in [1.807, 2.05) is 37.9 Å². The number of nitrogens with one attached hydrogen (secondary N) is 11. The second kappa shape index (κ2) is 58.1. The molecule has 2 aromatic carbocycles. The molecule has 14 atom stereocenters. The van der Waals surface area contributed by atoms with Gasteiger partial charge in [0.1, 0.15) is 54.9 Å². The first kappa shape index (κ1) is 103. The summed E-state index contributed by atoms with van der Waals surface area (Å²) in [6, 6.07) is 3.04. The highest BCUT2D eigenvalue weighted by Gasteiger charge is 2.43. The maximum atomic E-state index is 14.8. The first-order valence-corrected chi connectivity index (χ1v) is 45.3. The van der Waals surface area contributed by atoms with Gasteiger partial charge in [-0.15, -0.1) is 0 Å². The summed E-state index contributed by atoms with van der Waals surface area (Å²) in [5.74, 6) is -7.93. The van der Waals surface area contributed by atoms with E-state index in [9.17, 15) is 72.9 Å². The maximum Gasteiger partial charge on any atom is 0.326 e. The Balaban J connectivity index is 1.50. The van der Waals surface area contributed by atoms with Crippen LogP contribution in [0.25, 0.3) is 0 Å². The number of hydrogen-bond donors (Lipinski definition) is 16. The van der Waals surface area contributed by atoms with Crippen molar-refractivity contribution in [3.8, 4) is 0 Å². The lowest BCUT2D eigenvalue weighted by atomic mass is 9.96. The minimum atomic E-state index is -1.77. The zero-order valence-corrected chi connectivity index (χ0v) is 73.6. The molecular formula is C85H135N13O18S3. The molecule has 34 heteroatoms. The summed E-state index contributed by atoms with van der Waals surface area (Å²) in [5, 5.41) is 62.7. The zero-order valence-electron chi connectivity index (χ0n) is 71.1. The number of ether oxygens (including phenoxy) is 3. The van der Waals surface area contributed by atoms with E-state index < -0.39 is 132 Å². The molecule has 0 spiro atoms. The maximum absolute atomic E-state index is 14.8. The molecule has 31 nitrogen and oxygen atoms in total. The average molecular weight is 1720 g/mol. The number of hydrogen-bond acceptors (Lipinski definition) is 23. The lowest BCUT2D eigenvalue weighted by molar-refractivity contribution is -0.145. The fourth-order valence-electron chi connectivity index (χ4n) is 13.1. The van der Waals surface area contributed by atoms with Gasteiger partial charge in [-0.2, -0.15) is 35.3 Å². The molecule has 0 unspecified atom stereocenters. The van der Waals surface area contributed by atoms with Crippen molar-refractivity contribution >= 4 is 106 Å². The number of fused-ring (bicyclic) bond motifs is 1. The number of benzene rings is 2. The number of aliphatic carboxylic acids is 1. The number of carboxylic acids is 1. The fraction of sp³-hybridized carbons (Fsp3) is 0.647. The minimum absolute atomic E-state index is 0.0256. The Morgan fingerprint density at radius 1 is 0.588 bits per heavy atom. The van der Waals surface area contributed by atoms with Gasteiger partial charge in [0.2, 0.25) is 47.3 Å². The molecule has 0 saturated carbocycles. The Morgan fingerprint density at radius 3 is 1.74 bits per heavy atom. The van der Waals surface area contributed by atoms with Gasteiger partial charge in [0.25, 0.3) is 0 Å². The molecule has 0 bridgehead atoms. The number of aliphatic hydroxyl groups is 2. The predicted octanol–water partition coefficient (Wildman–Crippen LogP) is 4.92. The number of thioether (sulfide) groups is 3. The Labute approximate surface area is 715 Å². The summed E-state index contributed by atoms with van der Waals surface area (Å²) in [6.45, 7) is 16.6. The molecule has 119 heavy (non-hydrogen) atoms. The Kier molecular flexibility index (Phi) is 50.5. The van der Waals surface area contributed by atoms with Crippen molar-refractivity contribution in [3.05, 3.63) is 106 Å². The van der Waals surface area contributed by atoms with Crippen molar-refractivity contribution in [2.75, 3.05) is 88.5 Å². The molecule has 0 aromatic heterocycles. The molecule has 2 aliphatic heterocycles. The van der Waals surface area contributed by atoms with Crippen LogP contribution in [0.5, 0.6) is 0 Å². The van der Waals surface area contributed by atoms with E-state index in [1.165, 1.54) is 41.6 Å². The van der Waals surface area contributed by atoms with Crippen molar-refractivity contribution < 1.29 is 87.1 Å². The highest BCUT2D eigenvalue weighted by atomic mass is 32.2. The van der Waals surface area contributed by atoms with Crippen molar-refractivity contribution in [2.45, 2.75) is 249 Å². The molecule has 10 amide bonds. The van der Waals surface area contributed by atoms with Gasteiger partial charge in [-0.25, -0.2) is 9.59 Å². The van der Waals surface area contributed by atoms with Crippen LogP contribution < -0.4 is 70.0 Å². The van der Waals surface area contributed by atoms with Gasteiger partial charge < -0.3 is 99.5 Å². The van der Waals surface area contributed by atoms with Crippen LogP contribution in [0.4, 0.5) is 4.79 Å². The summed E-state index contributed by atoms with van der Waals surface area (Å²) in [7, 11) is 0. The Bertz CT molecular complexity index is 3590. The zero-order chi connectivity index (χ0) is 87.8. The van der Waals surface area contributed by atoms with E-state index in [0.717, 1.165) is 49.9 Å². The highest BCUT2D eigenvalue weighted by molar-refractivity contribution is 8.00. The van der Waals surface area contributed by atoms with E-state index in [0.29, 0.717) is 59.1 Å². The van der Waals surface area contributed by atoms with Crippen LogP contribution in [0.15, 0.2) is 89.5 Å². The number of aliphatic hydroxyl groups excluding tert-OH is 2. The first-order valence-electron chi connectivity index (χ1n) is 41.7. The summed E-state index contributed by atoms with van der Waals surface area (Å²) in [4.78, 5) is 165. The normalized spacial score (nSPS) is 17.3. The third-order valence-electron chi connectivity index (χ3n) is 20.5. The molecule has 2 heterocycles. The standard InChI is InChI=1S/C85H135N13O18S3/c1-11-57(8)72(82(109)91-64(84(111)112)38-47-117-10)96-81(108)71(54(4)5)95-80(107)68(51-118-48-37-56(7)26-22-25-55(6)24-21-23-53(2)3)93-76(103)62(29-17-19-39-86)90-83(110)73(58(9)100)97-77(104)63(30-18-20-40-87)89-79(106)66(50-99)92-78(105)65(49-59-33-35-61(36-34-59)75(102)60-27-13-12-14-28-60)88-41-42-114-43-44-115-45-46-116-70(101)32-16-15-31-69-74-67(52-119-69)94-85(113)98-74/h12-14,23,25,27-28,33-37,54,57-58,62-69,71-74,88,99-100H,11,15-22,24,26,29-32,38-52,86-87H2,1-10H3,(H,89,106)(H,90,110)(H,91,109)(H,92,105)(H,93,103)(H,95,107)(H,96,108)(H,97,104)(H,111,112)(H2,94,98,113)/b55-25+,56-37+/t57-,58+,62-,63-,64-,65-,66-,67-,68-,69-,71-,72-,73-,74-/m0/s1. The van der Waals surface area contributed by atoms with Crippen LogP contribution in [0.1, 0.15) is 187 Å². The Hall–Kier alpha value is -7.93. The van der Waals surface area contributed by atoms with E-state index in [-0.39, 0.29) is 133 Å². The Morgan fingerprint density at radius 2 is 1.13 bits per heavy atom. The molecule has 18 N–H and O–H groups in total. The van der Waals surface area contributed by atoms with Crippen LogP contribution in [0.3, 0.4) is 0 Å². The van der Waals surface area contributed by atoms with E-state index >= 15 is 0 Å². The van der Waals surface area contributed by atoms with Crippen molar-refractivity contribution in [3.63, 3.8) is 0 Å². The van der Waals surface area contributed by atoms with Gasteiger partial charge in [-0.1, -0.05) is 130 Å². The van der Waals surface area contributed by atoms with E-state index in [1.54, 1.807) is 75.4 Å². The van der Waals surface area contributed by atoms with Gasteiger partial charge in [0, 0.05) is 46.6 Å². The lowest BCUT2D eigenvalue weighted by Gasteiger charge is -2.30. The van der Waals surface area contributed by atoms with Crippen molar-refractivity contribution in [2.24, 2.45) is 23.3 Å². The van der Waals surface area contributed by atoms with Gasteiger partial charge in [-0.3, -0.25) is 47.9 Å². The van der Waals surface area contributed by atoms with Crippen LogP contribution in [-0.4, -0.2) is 253 Å². The van der Waals surface area contributed by atoms with Crippen LogP contribution in [0, 0.1) is 11.8 Å². The van der Waals surface area contributed by atoms with Crippen molar-refractivity contribution in [1.82, 2.24) is 58.5 Å². The second-order valence-corrected chi connectivity index (χ2v) is 34.3. The molecule has 2 aliphatic rings. The third kappa shape index (κ3) is 39.6. The summed E-state index contributed by atoms with van der Waals surface area (Å²) in [5.41, 5.74) is 16.9. The number of ketones is 1. The quantitative estimate of drug-likeness (QED) is 0.0137. The number of unbranched alkanes of at least 4 members (excludes halogenated alkanes) is 3. The monoisotopic (exact) mass is 1720 g/mol. The number of nitrogens with two attached hydrogens (primary N) is 2. The highest BCUT2D eigenvalue weighted by Crippen LogP contribution is 2.33. The lowest BCUT2D eigenvalue weighted by Crippen LogP contribution is -2.62. The molecule has 0 radical (unpaired) electrons. The van der Waals surface area contributed by atoms with Crippen LogP contribution >= 0.6 is 35.3 Å². The molecule has 666 valence electrons. The largest absolute Gasteiger partial charge is 0.480 e. The molecule has 0 aliphatic carbocycles. The number of allylic oxidation sites excluding steroid dienone is 5. The minimum Gasteiger partial charge on any atom is -0.480 e. The van der Waals surface area contributed by atoms with E-state index in [2.05, 4.69) is 91.4 Å². The van der Waals surface area contributed by atoms with Gasteiger partial charge in [0.05, 0.1) is 57.3 Å². The average Bonchev–Trinajstić information content (AvgIpc) is 1.71. The smallest absolute Gasteiger partial charge is 0.326 e. The second-order valence-electron chi connectivity index (χ2n) is 30.9. The first-order chi connectivity index (χ1) is 56.9. The molecule has 2 saturated heterocycles. The number of rotatable bonds is 62. The number of carboxylic acid groups (broad SMARTS) is 1. The van der Waals surface area contributed by atoms with Gasteiger partial charge in [0.15, 0.2) is 5.78 Å². The summed E-state index contributed by atoms with van der Waals surface area (Å²) < 4.78 is 16.8. The van der Waals surface area contributed by atoms with Crippen LogP contribution in [0.2, 0.25) is 0 Å². The summed E-state index contributed by atoms with van der Waals surface area (Å²) >= 11 is 4.56. The SMILES string of the molecule is CC[C@H](C)[C@H](NC(=O)[C@@H](NC(=O)[C@H](CSC/C=C(\C)CC/C=C(\C)CCC=C(C)C)NC(=O)[C@H](CCCCN)NC(=O)[C@@H](NC(=O)[C@H](CCCCN)NC(=O)[C@H](CO)NC(=O)[C@H](Cc1ccc(C(=O)c2ccccc2)cc1)NCCOCCOCCOC(=O)CCCC[C@@H]1SC[C@@H]2NC(=O)N[C@@H]21)[C@@H](C)O)C(C)C)C(=O)N[C@@H](CCSC)C(=O)O. The molecular weight excluding hydrogens is 1590 g/mol. The number of urea groups is 1. The van der Waals surface area contributed by atoms with E-state index in [4.69, 9.17) is 25.7 Å². The third-order valence-corrected chi connectivity index (χ3v) is 23.6. The topological polar surface area (TPSA) is 478 Å². The molecule has 2 aromatic rings. The van der Waals surface area contributed by atoms with Gasteiger partial charge in [-0.05, 0) is 167 Å². The van der Waals surface area contributed by atoms with Crippen molar-refractivity contribution in [1.29, 1.82) is 0 Å². The number of amides is 10. The number of esters is 1. The van der Waals surface area contributed by atoms with Crippen LogP contribution in [-0.2, 0) is 68.6 Å². The predicted molar refractivity (Wildman–Crippen MR) is 466 cm³/mol. The number of carbonyl (C=O) groups is 12.